The first-order valence-electron chi connectivity index (χ1n) is 5.31. The third kappa shape index (κ3) is 3.51. The second-order valence-corrected chi connectivity index (χ2v) is 4.51. The molecule has 1 amide bonds. The Bertz CT molecular complexity index is 366. The molecule has 0 radical (unpaired) electrons. The number of hydrogen-bond donors (Lipinski definition) is 2. The average Bonchev–Trinajstić information content (AvgIpc) is 2.25. The standard InChI is InChI=1S/C12H17ClN2O/c1-8(2)11(7-14)15-12(16)9-4-3-5-10(13)6-9/h3-6,8,11H,7,14H2,1-2H3,(H,15,16). The van der Waals surface area contributed by atoms with Gasteiger partial charge < -0.3 is 11.1 Å². The summed E-state index contributed by atoms with van der Waals surface area (Å²) in [4.78, 5) is 11.8. The number of benzene rings is 1. The van der Waals surface area contributed by atoms with Gasteiger partial charge in [0.15, 0.2) is 0 Å². The van der Waals surface area contributed by atoms with Crippen molar-refractivity contribution in [2.24, 2.45) is 11.7 Å². The van der Waals surface area contributed by atoms with Gasteiger partial charge in [-0.25, -0.2) is 0 Å². The second kappa shape index (κ2) is 5.87. The van der Waals surface area contributed by atoms with Crippen molar-refractivity contribution in [2.75, 3.05) is 6.54 Å². The van der Waals surface area contributed by atoms with Crippen LogP contribution in [0.3, 0.4) is 0 Å². The normalized spacial score (nSPS) is 12.6. The lowest BCUT2D eigenvalue weighted by molar-refractivity contribution is 0.0928. The van der Waals surface area contributed by atoms with Gasteiger partial charge in [-0.1, -0.05) is 31.5 Å². The fraction of sp³-hybridized carbons (Fsp3) is 0.417. The van der Waals surface area contributed by atoms with E-state index in [-0.39, 0.29) is 11.9 Å². The fourth-order valence-corrected chi connectivity index (χ4v) is 1.57. The van der Waals surface area contributed by atoms with Crippen molar-refractivity contribution in [3.63, 3.8) is 0 Å². The number of nitrogens with one attached hydrogen (secondary N) is 1. The molecule has 0 aliphatic heterocycles. The Morgan fingerprint density at radius 2 is 2.19 bits per heavy atom. The van der Waals surface area contributed by atoms with E-state index in [1.807, 2.05) is 13.8 Å². The van der Waals surface area contributed by atoms with E-state index in [2.05, 4.69) is 5.32 Å². The summed E-state index contributed by atoms with van der Waals surface area (Å²) in [7, 11) is 0. The second-order valence-electron chi connectivity index (χ2n) is 4.07. The first-order chi connectivity index (χ1) is 7.54. The SMILES string of the molecule is CC(C)C(CN)NC(=O)c1cccc(Cl)c1. The van der Waals surface area contributed by atoms with Crippen molar-refractivity contribution in [1.29, 1.82) is 0 Å². The Morgan fingerprint density at radius 1 is 1.50 bits per heavy atom. The lowest BCUT2D eigenvalue weighted by Crippen LogP contribution is -2.43. The highest BCUT2D eigenvalue weighted by Gasteiger charge is 2.15. The number of carbonyl (C=O) groups excluding carboxylic acids is 1. The average molecular weight is 241 g/mol. The Balaban J connectivity index is 2.72. The molecular formula is C12H17ClN2O. The topological polar surface area (TPSA) is 55.1 Å². The number of hydrogen-bond acceptors (Lipinski definition) is 2. The highest BCUT2D eigenvalue weighted by Crippen LogP contribution is 2.11. The van der Waals surface area contributed by atoms with E-state index in [0.29, 0.717) is 23.0 Å². The molecule has 3 nitrogen and oxygen atoms in total. The third-order valence-corrected chi connectivity index (χ3v) is 2.70. The van der Waals surface area contributed by atoms with Gasteiger partial charge in [0.2, 0.25) is 0 Å². The summed E-state index contributed by atoms with van der Waals surface area (Å²) in [6.45, 7) is 4.48. The molecule has 0 aromatic heterocycles. The van der Waals surface area contributed by atoms with Gasteiger partial charge in [0.1, 0.15) is 0 Å². The minimum Gasteiger partial charge on any atom is -0.348 e. The number of carbonyl (C=O) groups is 1. The number of nitrogens with two attached hydrogens (primary N) is 1. The van der Waals surface area contributed by atoms with E-state index in [1.54, 1.807) is 24.3 Å². The van der Waals surface area contributed by atoms with Gasteiger partial charge >= 0.3 is 0 Å². The Labute approximate surface area is 101 Å². The smallest absolute Gasteiger partial charge is 0.251 e. The predicted molar refractivity (Wildman–Crippen MR) is 66.6 cm³/mol. The maximum atomic E-state index is 11.8. The molecule has 4 heteroatoms. The molecule has 0 aliphatic carbocycles. The number of rotatable bonds is 4. The monoisotopic (exact) mass is 240 g/mol. The summed E-state index contributed by atoms with van der Waals surface area (Å²) in [5.74, 6) is 0.180. The molecule has 0 aliphatic rings. The minimum absolute atomic E-state index is 0.00789. The van der Waals surface area contributed by atoms with Crippen molar-refractivity contribution < 1.29 is 4.79 Å². The summed E-state index contributed by atoms with van der Waals surface area (Å²) in [6.07, 6.45) is 0. The minimum atomic E-state index is -0.133. The highest BCUT2D eigenvalue weighted by atomic mass is 35.5. The van der Waals surface area contributed by atoms with Crippen LogP contribution >= 0.6 is 11.6 Å². The molecule has 0 heterocycles. The lowest BCUT2D eigenvalue weighted by Gasteiger charge is -2.20. The van der Waals surface area contributed by atoms with Crippen LogP contribution in [-0.4, -0.2) is 18.5 Å². The molecule has 0 saturated carbocycles. The van der Waals surface area contributed by atoms with Gasteiger partial charge in [0.25, 0.3) is 5.91 Å². The van der Waals surface area contributed by atoms with Crippen molar-refractivity contribution >= 4 is 17.5 Å². The largest absolute Gasteiger partial charge is 0.348 e. The van der Waals surface area contributed by atoms with E-state index in [0.717, 1.165) is 0 Å². The molecule has 1 rings (SSSR count). The van der Waals surface area contributed by atoms with Crippen molar-refractivity contribution in [2.45, 2.75) is 19.9 Å². The highest BCUT2D eigenvalue weighted by molar-refractivity contribution is 6.30. The fourth-order valence-electron chi connectivity index (χ4n) is 1.38. The van der Waals surface area contributed by atoms with Crippen molar-refractivity contribution in [1.82, 2.24) is 5.32 Å². The molecule has 1 atom stereocenters. The van der Waals surface area contributed by atoms with Gasteiger partial charge in [0.05, 0.1) is 0 Å². The van der Waals surface area contributed by atoms with Gasteiger partial charge in [-0.15, -0.1) is 0 Å². The molecule has 0 bridgehead atoms. The predicted octanol–water partition coefficient (Wildman–Crippen LogP) is 2.05. The zero-order valence-corrected chi connectivity index (χ0v) is 10.3. The van der Waals surface area contributed by atoms with E-state index in [4.69, 9.17) is 17.3 Å². The maximum absolute atomic E-state index is 11.8. The first kappa shape index (κ1) is 13.0. The number of halogens is 1. The summed E-state index contributed by atoms with van der Waals surface area (Å²) in [6, 6.07) is 6.86. The van der Waals surface area contributed by atoms with Crippen LogP contribution in [0.15, 0.2) is 24.3 Å². The molecule has 3 N–H and O–H groups in total. The van der Waals surface area contributed by atoms with Gasteiger partial charge in [-0.3, -0.25) is 4.79 Å². The molecule has 0 fully saturated rings. The van der Waals surface area contributed by atoms with E-state index in [9.17, 15) is 4.79 Å². The van der Waals surface area contributed by atoms with Crippen LogP contribution in [0.1, 0.15) is 24.2 Å². The zero-order chi connectivity index (χ0) is 12.1. The van der Waals surface area contributed by atoms with Gasteiger partial charge in [0, 0.05) is 23.2 Å². The summed E-state index contributed by atoms with van der Waals surface area (Å²) < 4.78 is 0. The van der Waals surface area contributed by atoms with Crippen LogP contribution in [0.2, 0.25) is 5.02 Å². The molecule has 1 aromatic carbocycles. The van der Waals surface area contributed by atoms with Crippen LogP contribution in [0.5, 0.6) is 0 Å². The summed E-state index contributed by atoms with van der Waals surface area (Å²) >= 11 is 5.82. The molecule has 88 valence electrons. The molecule has 0 saturated heterocycles. The van der Waals surface area contributed by atoms with Crippen LogP contribution in [0.25, 0.3) is 0 Å². The molecular weight excluding hydrogens is 224 g/mol. The van der Waals surface area contributed by atoms with Gasteiger partial charge in [-0.05, 0) is 24.1 Å². The van der Waals surface area contributed by atoms with E-state index < -0.39 is 0 Å². The van der Waals surface area contributed by atoms with Crippen LogP contribution in [0, 0.1) is 5.92 Å². The maximum Gasteiger partial charge on any atom is 0.251 e. The quantitative estimate of drug-likeness (QED) is 0.847. The zero-order valence-electron chi connectivity index (χ0n) is 9.53. The molecule has 1 aromatic rings. The van der Waals surface area contributed by atoms with Crippen molar-refractivity contribution in [3.8, 4) is 0 Å². The van der Waals surface area contributed by atoms with Crippen LogP contribution in [-0.2, 0) is 0 Å². The number of amides is 1. The van der Waals surface area contributed by atoms with Gasteiger partial charge in [-0.2, -0.15) is 0 Å². The third-order valence-electron chi connectivity index (χ3n) is 2.46. The Hall–Kier alpha value is -1.06. The molecule has 16 heavy (non-hydrogen) atoms. The van der Waals surface area contributed by atoms with Crippen molar-refractivity contribution in [3.05, 3.63) is 34.9 Å². The lowest BCUT2D eigenvalue weighted by atomic mass is 10.0. The summed E-state index contributed by atoms with van der Waals surface area (Å²) in [5.41, 5.74) is 6.15. The van der Waals surface area contributed by atoms with Crippen LogP contribution < -0.4 is 11.1 Å². The Morgan fingerprint density at radius 3 is 2.69 bits per heavy atom. The first-order valence-corrected chi connectivity index (χ1v) is 5.69. The van der Waals surface area contributed by atoms with E-state index >= 15 is 0 Å². The molecule has 1 unspecified atom stereocenters. The molecule has 0 spiro atoms. The van der Waals surface area contributed by atoms with Crippen LogP contribution in [0.4, 0.5) is 0 Å². The Kier molecular flexibility index (Phi) is 4.77. The van der Waals surface area contributed by atoms with E-state index in [1.165, 1.54) is 0 Å². The summed E-state index contributed by atoms with van der Waals surface area (Å²) in [5, 5.41) is 3.44.